The fourth-order valence-electron chi connectivity index (χ4n) is 2.82. The minimum absolute atomic E-state index is 0.319. The SMILES string of the molecule is Cn1c2ccc(CC(C)(C)C)cc2c2ccncc21. The molecule has 0 fully saturated rings. The van der Waals surface area contributed by atoms with Crippen molar-refractivity contribution >= 4 is 21.8 Å². The maximum Gasteiger partial charge on any atom is 0.0675 e. The van der Waals surface area contributed by atoms with Crippen LogP contribution >= 0.6 is 0 Å². The van der Waals surface area contributed by atoms with E-state index in [2.05, 4.69) is 61.6 Å². The number of hydrogen-bond donors (Lipinski definition) is 0. The molecule has 0 radical (unpaired) electrons. The zero-order chi connectivity index (χ0) is 13.6. The van der Waals surface area contributed by atoms with E-state index in [9.17, 15) is 0 Å². The highest BCUT2D eigenvalue weighted by Crippen LogP contribution is 2.30. The van der Waals surface area contributed by atoms with Crippen LogP contribution < -0.4 is 0 Å². The van der Waals surface area contributed by atoms with Gasteiger partial charge in [0.15, 0.2) is 0 Å². The molecule has 2 heterocycles. The van der Waals surface area contributed by atoms with Crippen molar-refractivity contribution in [3.63, 3.8) is 0 Å². The number of benzene rings is 1. The van der Waals surface area contributed by atoms with Crippen molar-refractivity contribution in [2.24, 2.45) is 12.5 Å². The van der Waals surface area contributed by atoms with Crippen LogP contribution in [0.4, 0.5) is 0 Å². The highest BCUT2D eigenvalue weighted by atomic mass is 14.9. The van der Waals surface area contributed by atoms with Crippen LogP contribution in [0.15, 0.2) is 36.7 Å². The average molecular weight is 252 g/mol. The summed E-state index contributed by atoms with van der Waals surface area (Å²) in [5, 5.41) is 2.63. The molecule has 0 spiro atoms. The molecular weight excluding hydrogens is 232 g/mol. The number of pyridine rings is 1. The summed E-state index contributed by atoms with van der Waals surface area (Å²) >= 11 is 0. The summed E-state index contributed by atoms with van der Waals surface area (Å²) in [4.78, 5) is 4.23. The van der Waals surface area contributed by atoms with E-state index in [-0.39, 0.29) is 0 Å². The van der Waals surface area contributed by atoms with Gasteiger partial charge in [0.1, 0.15) is 0 Å². The van der Waals surface area contributed by atoms with Crippen LogP contribution in [0.25, 0.3) is 21.8 Å². The second-order valence-electron chi connectivity index (χ2n) is 6.54. The molecule has 0 atom stereocenters. The molecule has 98 valence electrons. The second kappa shape index (κ2) is 4.09. The molecular formula is C17H20N2. The third kappa shape index (κ3) is 2.12. The first kappa shape index (κ1) is 12.2. The van der Waals surface area contributed by atoms with Crippen LogP contribution in [0.5, 0.6) is 0 Å². The Bertz CT molecular complexity index is 745. The Morgan fingerprint density at radius 2 is 1.84 bits per heavy atom. The summed E-state index contributed by atoms with van der Waals surface area (Å²) in [6.07, 6.45) is 4.92. The number of rotatable bonds is 1. The van der Waals surface area contributed by atoms with Crippen molar-refractivity contribution in [2.45, 2.75) is 27.2 Å². The third-order valence-electron chi connectivity index (χ3n) is 3.61. The predicted molar refractivity (Wildman–Crippen MR) is 81.4 cm³/mol. The Morgan fingerprint density at radius 3 is 2.58 bits per heavy atom. The number of nitrogens with zero attached hydrogens (tertiary/aromatic N) is 2. The lowest BCUT2D eigenvalue weighted by atomic mass is 9.88. The first-order valence-corrected chi connectivity index (χ1v) is 6.77. The fraction of sp³-hybridized carbons (Fsp3) is 0.353. The van der Waals surface area contributed by atoms with Crippen molar-refractivity contribution in [1.29, 1.82) is 0 Å². The molecule has 3 aromatic rings. The van der Waals surface area contributed by atoms with Gasteiger partial charge >= 0.3 is 0 Å². The molecule has 2 aromatic heterocycles. The van der Waals surface area contributed by atoms with Crippen LogP contribution in [0, 0.1) is 5.41 Å². The van der Waals surface area contributed by atoms with Gasteiger partial charge in [0.05, 0.1) is 11.7 Å². The van der Waals surface area contributed by atoms with Gasteiger partial charge in [-0.15, -0.1) is 0 Å². The van der Waals surface area contributed by atoms with Gasteiger partial charge in [0.2, 0.25) is 0 Å². The van der Waals surface area contributed by atoms with Gasteiger partial charge in [-0.1, -0.05) is 26.8 Å². The molecule has 0 saturated carbocycles. The van der Waals surface area contributed by atoms with E-state index >= 15 is 0 Å². The van der Waals surface area contributed by atoms with E-state index in [1.165, 1.54) is 27.4 Å². The van der Waals surface area contributed by atoms with Crippen LogP contribution in [-0.4, -0.2) is 9.55 Å². The first-order valence-electron chi connectivity index (χ1n) is 6.77. The normalized spacial score (nSPS) is 12.4. The summed E-state index contributed by atoms with van der Waals surface area (Å²) < 4.78 is 2.22. The van der Waals surface area contributed by atoms with Crippen LogP contribution in [0.2, 0.25) is 0 Å². The van der Waals surface area contributed by atoms with Gasteiger partial charge in [-0.25, -0.2) is 0 Å². The smallest absolute Gasteiger partial charge is 0.0675 e. The highest BCUT2D eigenvalue weighted by Gasteiger charge is 2.13. The maximum absolute atomic E-state index is 4.23. The Balaban J connectivity index is 2.25. The van der Waals surface area contributed by atoms with E-state index in [1.54, 1.807) is 0 Å². The summed E-state index contributed by atoms with van der Waals surface area (Å²) in [6, 6.07) is 8.93. The lowest BCUT2D eigenvalue weighted by Gasteiger charge is -2.18. The van der Waals surface area contributed by atoms with Gasteiger partial charge in [0, 0.05) is 29.5 Å². The molecule has 0 amide bonds. The zero-order valence-electron chi connectivity index (χ0n) is 12.1. The molecule has 0 aliphatic carbocycles. The number of fused-ring (bicyclic) bond motifs is 3. The Kier molecular flexibility index (Phi) is 2.63. The van der Waals surface area contributed by atoms with E-state index in [0.717, 1.165) is 6.42 Å². The molecule has 0 bridgehead atoms. The van der Waals surface area contributed by atoms with E-state index in [1.807, 2.05) is 12.4 Å². The topological polar surface area (TPSA) is 17.8 Å². The minimum atomic E-state index is 0.319. The van der Waals surface area contributed by atoms with Crippen LogP contribution in [-0.2, 0) is 13.5 Å². The maximum atomic E-state index is 4.23. The predicted octanol–water partition coefficient (Wildman–Crippen LogP) is 4.32. The summed E-state index contributed by atoms with van der Waals surface area (Å²) in [5.41, 5.74) is 4.20. The summed E-state index contributed by atoms with van der Waals surface area (Å²) in [6.45, 7) is 6.85. The van der Waals surface area contributed by atoms with Gasteiger partial charge in [0.25, 0.3) is 0 Å². The molecule has 3 rings (SSSR count). The molecule has 0 aliphatic rings. The summed E-state index contributed by atoms with van der Waals surface area (Å²) in [5.74, 6) is 0. The fourth-order valence-corrected chi connectivity index (χ4v) is 2.82. The highest BCUT2D eigenvalue weighted by molar-refractivity contribution is 6.07. The Morgan fingerprint density at radius 1 is 1.05 bits per heavy atom. The molecule has 0 N–H and O–H groups in total. The van der Waals surface area contributed by atoms with Gasteiger partial charge in [-0.3, -0.25) is 4.98 Å². The van der Waals surface area contributed by atoms with Gasteiger partial charge < -0.3 is 4.57 Å². The Labute approximate surface area is 114 Å². The molecule has 2 nitrogen and oxygen atoms in total. The van der Waals surface area contributed by atoms with Gasteiger partial charge in [-0.05, 0) is 35.6 Å². The quantitative estimate of drug-likeness (QED) is 0.631. The monoisotopic (exact) mass is 252 g/mol. The van der Waals surface area contributed by atoms with Crippen molar-refractivity contribution in [3.05, 3.63) is 42.2 Å². The molecule has 2 heteroatoms. The number of aromatic nitrogens is 2. The second-order valence-corrected chi connectivity index (χ2v) is 6.54. The van der Waals surface area contributed by atoms with Crippen LogP contribution in [0.3, 0.4) is 0 Å². The van der Waals surface area contributed by atoms with Crippen molar-refractivity contribution in [2.75, 3.05) is 0 Å². The zero-order valence-corrected chi connectivity index (χ0v) is 12.1. The largest absolute Gasteiger partial charge is 0.342 e. The minimum Gasteiger partial charge on any atom is -0.342 e. The molecule has 0 unspecified atom stereocenters. The molecule has 1 aromatic carbocycles. The van der Waals surface area contributed by atoms with Crippen molar-refractivity contribution in [1.82, 2.24) is 9.55 Å². The van der Waals surface area contributed by atoms with Crippen molar-refractivity contribution in [3.8, 4) is 0 Å². The van der Waals surface area contributed by atoms with E-state index < -0.39 is 0 Å². The third-order valence-corrected chi connectivity index (χ3v) is 3.61. The first-order chi connectivity index (χ1) is 8.96. The number of aryl methyl sites for hydroxylation is 1. The van der Waals surface area contributed by atoms with E-state index in [4.69, 9.17) is 0 Å². The number of hydrogen-bond acceptors (Lipinski definition) is 1. The van der Waals surface area contributed by atoms with Gasteiger partial charge in [-0.2, -0.15) is 0 Å². The standard InChI is InChI=1S/C17H20N2/c1-17(2,3)10-12-5-6-15-14(9-12)13-7-8-18-11-16(13)19(15)4/h5-9,11H,10H2,1-4H3. The van der Waals surface area contributed by atoms with Crippen molar-refractivity contribution < 1.29 is 0 Å². The summed E-state index contributed by atoms with van der Waals surface area (Å²) in [7, 11) is 2.11. The Hall–Kier alpha value is -1.83. The molecule has 0 saturated heterocycles. The molecule has 19 heavy (non-hydrogen) atoms. The van der Waals surface area contributed by atoms with E-state index in [0.29, 0.717) is 5.41 Å². The van der Waals surface area contributed by atoms with Crippen LogP contribution in [0.1, 0.15) is 26.3 Å². The lowest BCUT2D eigenvalue weighted by molar-refractivity contribution is 0.411. The average Bonchev–Trinajstić information content (AvgIpc) is 2.62. The molecule has 0 aliphatic heterocycles. The lowest BCUT2D eigenvalue weighted by Crippen LogP contribution is -2.08.